The van der Waals surface area contributed by atoms with E-state index in [1.165, 1.54) is 0 Å². The van der Waals surface area contributed by atoms with E-state index in [0.29, 0.717) is 17.1 Å². The second-order valence-electron chi connectivity index (χ2n) is 4.75. The molecule has 0 bridgehead atoms. The van der Waals surface area contributed by atoms with Gasteiger partial charge >= 0.3 is 0 Å². The fourth-order valence-electron chi connectivity index (χ4n) is 1.61. The smallest absolute Gasteiger partial charge is 0.264 e. The highest BCUT2D eigenvalue weighted by Crippen LogP contribution is 2.24. The van der Waals surface area contributed by atoms with Crippen molar-refractivity contribution in [3.63, 3.8) is 0 Å². The summed E-state index contributed by atoms with van der Waals surface area (Å²) in [6.45, 7) is 3.93. The lowest BCUT2D eigenvalue weighted by molar-refractivity contribution is 0.299. The standard InChI is InChI=1S/C13H19O8S2/c1-11-4-5-12(20-6-2-8-22(14,15)16)10-13(11)21-7-3-9-23(17,18)19/h4-5,10H,1-3,6-9H2,(H,14,15,16)(H,17,18,19). The molecule has 10 heteroatoms. The van der Waals surface area contributed by atoms with Crippen LogP contribution in [0.4, 0.5) is 0 Å². The first-order chi connectivity index (χ1) is 10.6. The van der Waals surface area contributed by atoms with Crippen LogP contribution in [0.5, 0.6) is 11.5 Å². The molecule has 0 aliphatic rings. The van der Waals surface area contributed by atoms with E-state index in [1.807, 2.05) is 0 Å². The van der Waals surface area contributed by atoms with E-state index in [-0.39, 0.29) is 31.8 Å². The quantitative estimate of drug-likeness (QED) is 0.466. The molecular weight excluding hydrogens is 348 g/mol. The maximum Gasteiger partial charge on any atom is 0.264 e. The van der Waals surface area contributed by atoms with Crippen molar-refractivity contribution in [2.75, 3.05) is 24.7 Å². The van der Waals surface area contributed by atoms with Gasteiger partial charge in [-0.3, -0.25) is 9.11 Å². The van der Waals surface area contributed by atoms with Gasteiger partial charge in [0.25, 0.3) is 20.2 Å². The molecule has 2 N–H and O–H groups in total. The molecule has 0 atom stereocenters. The van der Waals surface area contributed by atoms with Crippen molar-refractivity contribution in [3.05, 3.63) is 30.7 Å². The van der Waals surface area contributed by atoms with Gasteiger partial charge in [-0.05, 0) is 31.4 Å². The van der Waals surface area contributed by atoms with Gasteiger partial charge in [-0.1, -0.05) is 6.07 Å². The molecule has 0 aliphatic heterocycles. The zero-order valence-electron chi connectivity index (χ0n) is 12.3. The van der Waals surface area contributed by atoms with Crippen LogP contribution in [0.2, 0.25) is 0 Å². The van der Waals surface area contributed by atoms with Crippen LogP contribution in [-0.2, 0) is 20.2 Å². The monoisotopic (exact) mass is 367 g/mol. The Hall–Kier alpha value is -1.36. The van der Waals surface area contributed by atoms with Crippen LogP contribution in [-0.4, -0.2) is 50.7 Å². The second kappa shape index (κ2) is 8.48. The van der Waals surface area contributed by atoms with E-state index in [2.05, 4.69) is 6.92 Å². The number of hydrogen-bond acceptors (Lipinski definition) is 6. The predicted octanol–water partition coefficient (Wildman–Crippen LogP) is 1.18. The third-order valence-electron chi connectivity index (χ3n) is 2.66. The Morgan fingerprint density at radius 2 is 1.43 bits per heavy atom. The number of rotatable bonds is 10. The minimum atomic E-state index is -4.01. The van der Waals surface area contributed by atoms with Gasteiger partial charge in [-0.25, -0.2) is 0 Å². The molecule has 1 aromatic carbocycles. The van der Waals surface area contributed by atoms with Crippen LogP contribution >= 0.6 is 0 Å². The Kier molecular flexibility index (Phi) is 7.26. The maximum absolute atomic E-state index is 10.6. The molecule has 1 aromatic rings. The average Bonchev–Trinajstić information content (AvgIpc) is 2.40. The van der Waals surface area contributed by atoms with Gasteiger partial charge in [0.15, 0.2) is 0 Å². The van der Waals surface area contributed by atoms with Crippen LogP contribution in [0, 0.1) is 6.92 Å². The Balaban J connectivity index is 2.48. The Labute approximate surface area is 135 Å². The first kappa shape index (κ1) is 19.7. The minimum absolute atomic E-state index is 0.0779. The highest BCUT2D eigenvalue weighted by atomic mass is 32.2. The first-order valence-corrected chi connectivity index (χ1v) is 9.90. The molecule has 0 spiro atoms. The third kappa shape index (κ3) is 9.39. The van der Waals surface area contributed by atoms with E-state index in [9.17, 15) is 16.8 Å². The van der Waals surface area contributed by atoms with E-state index in [0.717, 1.165) is 0 Å². The molecule has 0 aromatic heterocycles. The summed E-state index contributed by atoms with van der Waals surface area (Å²) in [5.41, 5.74) is 0.571. The van der Waals surface area contributed by atoms with Gasteiger partial charge in [0.2, 0.25) is 0 Å². The zero-order valence-corrected chi connectivity index (χ0v) is 14.0. The second-order valence-corrected chi connectivity index (χ2v) is 7.89. The zero-order chi connectivity index (χ0) is 17.5. The highest BCUT2D eigenvalue weighted by Gasteiger charge is 2.07. The van der Waals surface area contributed by atoms with Gasteiger partial charge in [-0.2, -0.15) is 16.8 Å². The molecule has 1 radical (unpaired) electrons. The first-order valence-electron chi connectivity index (χ1n) is 6.69. The summed E-state index contributed by atoms with van der Waals surface area (Å²) in [6, 6.07) is 4.81. The van der Waals surface area contributed by atoms with Crippen LogP contribution in [0.1, 0.15) is 18.4 Å². The van der Waals surface area contributed by atoms with Crippen LogP contribution < -0.4 is 9.47 Å². The fraction of sp³-hybridized carbons (Fsp3) is 0.462. The van der Waals surface area contributed by atoms with Crippen molar-refractivity contribution >= 4 is 20.2 Å². The summed E-state index contributed by atoms with van der Waals surface area (Å²) in [6.07, 6.45) is 0.257. The maximum atomic E-state index is 10.6. The van der Waals surface area contributed by atoms with Crippen molar-refractivity contribution in [2.45, 2.75) is 12.8 Å². The largest absolute Gasteiger partial charge is 0.493 e. The summed E-state index contributed by atoms with van der Waals surface area (Å²) < 4.78 is 70.2. The minimum Gasteiger partial charge on any atom is -0.493 e. The molecule has 131 valence electrons. The van der Waals surface area contributed by atoms with Crippen molar-refractivity contribution < 1.29 is 35.4 Å². The molecular formula is C13H19O8S2. The van der Waals surface area contributed by atoms with Crippen molar-refractivity contribution in [2.24, 2.45) is 0 Å². The summed E-state index contributed by atoms with van der Waals surface area (Å²) >= 11 is 0. The van der Waals surface area contributed by atoms with Gasteiger partial charge in [0.05, 0.1) is 24.7 Å². The number of benzene rings is 1. The number of hydrogen-bond donors (Lipinski definition) is 2. The molecule has 0 unspecified atom stereocenters. The summed E-state index contributed by atoms with van der Waals surface area (Å²) in [5.74, 6) is 0.0372. The average molecular weight is 367 g/mol. The lowest BCUT2D eigenvalue weighted by atomic mass is 10.2. The van der Waals surface area contributed by atoms with Crippen LogP contribution in [0.15, 0.2) is 18.2 Å². The molecule has 0 saturated carbocycles. The van der Waals surface area contributed by atoms with Crippen LogP contribution in [0.3, 0.4) is 0 Å². The molecule has 8 nitrogen and oxygen atoms in total. The van der Waals surface area contributed by atoms with Crippen molar-refractivity contribution in [1.29, 1.82) is 0 Å². The molecule has 0 amide bonds. The molecule has 0 heterocycles. The SMILES string of the molecule is [CH2]c1ccc(OCCCS(=O)(=O)O)cc1OCCCS(=O)(=O)O. The molecule has 23 heavy (non-hydrogen) atoms. The predicted molar refractivity (Wildman–Crippen MR) is 84.0 cm³/mol. The lowest BCUT2D eigenvalue weighted by Crippen LogP contribution is -2.09. The molecule has 1 rings (SSSR count). The van der Waals surface area contributed by atoms with Gasteiger partial charge in [0.1, 0.15) is 11.5 Å². The van der Waals surface area contributed by atoms with Crippen molar-refractivity contribution in [3.8, 4) is 11.5 Å². The van der Waals surface area contributed by atoms with E-state index < -0.39 is 26.0 Å². The topological polar surface area (TPSA) is 127 Å². The summed E-state index contributed by atoms with van der Waals surface area (Å²) in [4.78, 5) is 0. The van der Waals surface area contributed by atoms with E-state index >= 15 is 0 Å². The molecule has 0 fully saturated rings. The van der Waals surface area contributed by atoms with Crippen molar-refractivity contribution in [1.82, 2.24) is 0 Å². The van der Waals surface area contributed by atoms with Gasteiger partial charge in [-0.15, -0.1) is 0 Å². The lowest BCUT2D eigenvalue weighted by Gasteiger charge is -2.11. The summed E-state index contributed by atoms with van der Waals surface area (Å²) in [7, 11) is -8.02. The Morgan fingerprint density at radius 3 is 1.96 bits per heavy atom. The fourth-order valence-corrected chi connectivity index (χ4v) is 2.58. The molecule has 0 saturated heterocycles. The number of ether oxygens (including phenoxy) is 2. The normalized spacial score (nSPS) is 12.1. The van der Waals surface area contributed by atoms with Gasteiger partial charge < -0.3 is 9.47 Å². The van der Waals surface area contributed by atoms with Crippen LogP contribution in [0.25, 0.3) is 0 Å². The van der Waals surface area contributed by atoms with E-state index in [1.54, 1.807) is 18.2 Å². The Bertz CT molecular complexity index is 709. The third-order valence-corrected chi connectivity index (χ3v) is 4.27. The summed E-state index contributed by atoms with van der Waals surface area (Å²) in [5, 5.41) is 0. The molecule has 0 aliphatic carbocycles. The van der Waals surface area contributed by atoms with E-state index in [4.69, 9.17) is 18.6 Å². The Morgan fingerprint density at radius 1 is 0.913 bits per heavy atom. The highest BCUT2D eigenvalue weighted by molar-refractivity contribution is 7.86. The van der Waals surface area contributed by atoms with Gasteiger partial charge in [0, 0.05) is 6.07 Å².